The van der Waals surface area contributed by atoms with Gasteiger partial charge < -0.3 is 19.8 Å². The van der Waals surface area contributed by atoms with Gasteiger partial charge in [-0.25, -0.2) is 4.79 Å². The van der Waals surface area contributed by atoms with E-state index in [0.29, 0.717) is 23.4 Å². The van der Waals surface area contributed by atoms with E-state index in [9.17, 15) is 14.4 Å². The molecule has 1 amide bonds. The lowest BCUT2D eigenvalue weighted by atomic mass is 10.1. The van der Waals surface area contributed by atoms with Gasteiger partial charge in [0.05, 0.1) is 7.11 Å². The fourth-order valence-electron chi connectivity index (χ4n) is 2.62. The maximum Gasteiger partial charge on any atom is 0.355 e. The molecule has 0 aliphatic heterocycles. The summed E-state index contributed by atoms with van der Waals surface area (Å²) >= 11 is 0. The summed E-state index contributed by atoms with van der Waals surface area (Å²) in [4.78, 5) is 38.8. The number of hydrogen-bond acceptors (Lipinski definition) is 5. The van der Waals surface area contributed by atoms with Crippen LogP contribution in [0.15, 0.2) is 48.5 Å². The van der Waals surface area contributed by atoms with Crippen LogP contribution in [0.25, 0.3) is 10.9 Å². The van der Waals surface area contributed by atoms with E-state index in [2.05, 4.69) is 10.3 Å². The number of ether oxygens (including phenoxy) is 2. The number of hydrogen-bond donors (Lipinski definition) is 2. The number of H-pyrrole nitrogens is 1. The zero-order valence-corrected chi connectivity index (χ0v) is 15.6. The first-order valence-corrected chi connectivity index (χ1v) is 8.77. The zero-order chi connectivity index (χ0) is 20.1. The van der Waals surface area contributed by atoms with E-state index >= 15 is 0 Å². The van der Waals surface area contributed by atoms with Gasteiger partial charge in [0.25, 0.3) is 0 Å². The highest BCUT2D eigenvalue weighted by atomic mass is 16.5. The third kappa shape index (κ3) is 4.37. The average Bonchev–Trinajstić information content (AvgIpc) is 3.15. The molecule has 3 aromatic rings. The monoisotopic (exact) mass is 380 g/mol. The molecule has 1 aromatic heterocycles. The molecule has 0 unspecified atom stereocenters. The summed E-state index contributed by atoms with van der Waals surface area (Å²) in [5.41, 5.74) is 1.99. The zero-order valence-electron chi connectivity index (χ0n) is 15.6. The predicted octanol–water partition coefficient (Wildman–Crippen LogP) is 3.56. The van der Waals surface area contributed by atoms with Gasteiger partial charge in [-0.3, -0.25) is 9.59 Å². The van der Waals surface area contributed by atoms with Crippen molar-refractivity contribution in [2.24, 2.45) is 0 Å². The van der Waals surface area contributed by atoms with Crippen molar-refractivity contribution in [2.75, 3.05) is 19.0 Å². The minimum absolute atomic E-state index is 0.107. The molecule has 2 N–H and O–H groups in total. The number of amides is 1. The molecule has 0 aliphatic carbocycles. The molecule has 7 heteroatoms. The van der Waals surface area contributed by atoms with E-state index in [1.54, 1.807) is 56.5 Å². The van der Waals surface area contributed by atoms with Crippen LogP contribution < -0.4 is 10.1 Å². The van der Waals surface area contributed by atoms with E-state index in [4.69, 9.17) is 9.47 Å². The van der Waals surface area contributed by atoms with Gasteiger partial charge in [-0.05, 0) is 42.5 Å². The number of esters is 1. The van der Waals surface area contributed by atoms with Gasteiger partial charge in [-0.2, -0.15) is 0 Å². The number of carbonyl (C=O) groups excluding carboxylic acids is 3. The molecule has 7 nitrogen and oxygen atoms in total. The quantitative estimate of drug-likeness (QED) is 0.482. The minimum atomic E-state index is -0.615. The van der Waals surface area contributed by atoms with Gasteiger partial charge in [0, 0.05) is 34.6 Å². The molecule has 144 valence electrons. The van der Waals surface area contributed by atoms with E-state index in [-0.39, 0.29) is 24.0 Å². The highest BCUT2D eigenvalue weighted by Gasteiger charge is 2.14. The Bertz CT molecular complexity index is 1020. The summed E-state index contributed by atoms with van der Waals surface area (Å²) in [5.74, 6) is -0.387. The smallest absolute Gasteiger partial charge is 0.355 e. The van der Waals surface area contributed by atoms with Gasteiger partial charge in [0.1, 0.15) is 11.4 Å². The Morgan fingerprint density at radius 3 is 2.46 bits per heavy atom. The van der Waals surface area contributed by atoms with Crippen molar-refractivity contribution in [3.05, 3.63) is 59.8 Å². The van der Waals surface area contributed by atoms with Crippen molar-refractivity contribution in [1.82, 2.24) is 4.98 Å². The second-order valence-electron chi connectivity index (χ2n) is 6.11. The lowest BCUT2D eigenvalue weighted by Crippen LogP contribution is -2.15. The Morgan fingerprint density at radius 2 is 1.79 bits per heavy atom. The van der Waals surface area contributed by atoms with Crippen LogP contribution >= 0.6 is 0 Å². The number of Topliss-reactive ketones (excluding diaryl/α,β-unsaturated/α-hetero) is 1. The number of aromatic amines is 1. The Hall–Kier alpha value is -3.61. The van der Waals surface area contributed by atoms with Crippen LogP contribution in [0.2, 0.25) is 0 Å². The molecular formula is C21H20N2O5. The van der Waals surface area contributed by atoms with Crippen molar-refractivity contribution in [3.8, 4) is 5.75 Å². The van der Waals surface area contributed by atoms with E-state index in [0.717, 1.165) is 10.9 Å². The summed E-state index contributed by atoms with van der Waals surface area (Å²) < 4.78 is 10.3. The van der Waals surface area contributed by atoms with Crippen LogP contribution in [0, 0.1) is 0 Å². The molecule has 1 heterocycles. The second-order valence-corrected chi connectivity index (χ2v) is 6.11. The number of benzene rings is 2. The predicted molar refractivity (Wildman–Crippen MR) is 105 cm³/mol. The molecule has 28 heavy (non-hydrogen) atoms. The van der Waals surface area contributed by atoms with Crippen LogP contribution in [0.4, 0.5) is 5.69 Å². The lowest BCUT2D eigenvalue weighted by Gasteiger charge is -2.06. The van der Waals surface area contributed by atoms with Crippen molar-refractivity contribution in [2.45, 2.75) is 13.3 Å². The maximum atomic E-state index is 12.2. The molecule has 0 saturated carbocycles. The largest absolute Gasteiger partial charge is 0.497 e. The Morgan fingerprint density at radius 1 is 1.04 bits per heavy atom. The molecule has 0 spiro atoms. The molecule has 3 rings (SSSR count). The Kier molecular flexibility index (Phi) is 5.74. The number of methoxy groups -OCH3 is 1. The van der Waals surface area contributed by atoms with Crippen LogP contribution in [-0.2, 0) is 9.53 Å². The van der Waals surface area contributed by atoms with Gasteiger partial charge in [0.15, 0.2) is 12.4 Å². The van der Waals surface area contributed by atoms with Crippen LogP contribution in [-0.4, -0.2) is 36.4 Å². The van der Waals surface area contributed by atoms with E-state index in [1.807, 2.05) is 6.07 Å². The summed E-state index contributed by atoms with van der Waals surface area (Å²) in [6, 6.07) is 13.5. The second kappa shape index (κ2) is 8.39. The summed E-state index contributed by atoms with van der Waals surface area (Å²) in [6.07, 6.45) is 0.372. The number of ketones is 1. The highest BCUT2D eigenvalue weighted by molar-refractivity contribution is 6.00. The number of fused-ring (bicyclic) bond motifs is 1. The van der Waals surface area contributed by atoms with Crippen LogP contribution in [0.3, 0.4) is 0 Å². The summed E-state index contributed by atoms with van der Waals surface area (Å²) in [6.45, 7) is 1.38. The maximum absolute atomic E-state index is 12.2. The van der Waals surface area contributed by atoms with E-state index in [1.165, 1.54) is 0 Å². The molecule has 2 aromatic carbocycles. The molecule has 0 saturated heterocycles. The Labute approximate surface area is 161 Å². The van der Waals surface area contributed by atoms with E-state index < -0.39 is 5.97 Å². The first-order chi connectivity index (χ1) is 13.5. The van der Waals surface area contributed by atoms with Gasteiger partial charge in [-0.15, -0.1) is 0 Å². The minimum Gasteiger partial charge on any atom is -0.497 e. The Balaban J connectivity index is 1.61. The van der Waals surface area contributed by atoms with Gasteiger partial charge in [-0.1, -0.05) is 6.92 Å². The molecular weight excluding hydrogens is 360 g/mol. The number of anilines is 1. The molecule has 0 bridgehead atoms. The SMILES string of the molecule is CCC(=O)Nc1ccc(C(=O)COC(=O)c2cc3ccc(OC)cc3[nH]2)cc1. The molecule has 0 fully saturated rings. The summed E-state index contributed by atoms with van der Waals surface area (Å²) in [5, 5.41) is 3.54. The summed E-state index contributed by atoms with van der Waals surface area (Å²) in [7, 11) is 1.56. The number of rotatable bonds is 7. The van der Waals surface area contributed by atoms with Crippen LogP contribution in [0.5, 0.6) is 5.75 Å². The molecule has 0 atom stereocenters. The van der Waals surface area contributed by atoms with Crippen molar-refractivity contribution in [1.29, 1.82) is 0 Å². The van der Waals surface area contributed by atoms with Gasteiger partial charge >= 0.3 is 5.97 Å². The molecule has 0 radical (unpaired) electrons. The first-order valence-electron chi connectivity index (χ1n) is 8.77. The lowest BCUT2D eigenvalue weighted by molar-refractivity contribution is -0.115. The molecule has 0 aliphatic rings. The topological polar surface area (TPSA) is 97.5 Å². The van der Waals surface area contributed by atoms with Crippen LogP contribution in [0.1, 0.15) is 34.2 Å². The number of carbonyl (C=O) groups is 3. The standard InChI is InChI=1S/C21H20N2O5/c1-3-20(25)22-15-7-4-13(5-8-15)19(24)12-28-21(26)18-10-14-6-9-16(27-2)11-17(14)23-18/h4-11,23H,3,12H2,1-2H3,(H,22,25). The number of aromatic nitrogens is 1. The third-order valence-corrected chi connectivity index (χ3v) is 4.20. The van der Waals surface area contributed by atoms with Crippen molar-refractivity contribution >= 4 is 34.3 Å². The van der Waals surface area contributed by atoms with Crippen molar-refractivity contribution < 1.29 is 23.9 Å². The average molecular weight is 380 g/mol. The first kappa shape index (κ1) is 19.2. The highest BCUT2D eigenvalue weighted by Crippen LogP contribution is 2.21. The van der Waals surface area contributed by atoms with Crippen molar-refractivity contribution in [3.63, 3.8) is 0 Å². The third-order valence-electron chi connectivity index (χ3n) is 4.20. The normalized spacial score (nSPS) is 10.5. The van der Waals surface area contributed by atoms with Gasteiger partial charge in [0.2, 0.25) is 5.91 Å². The fraction of sp³-hybridized carbons (Fsp3) is 0.190. The fourth-order valence-corrected chi connectivity index (χ4v) is 2.62. The number of nitrogens with one attached hydrogen (secondary N) is 2.